The van der Waals surface area contributed by atoms with Crippen LogP contribution in [0.2, 0.25) is 0 Å². The molecule has 120 valence electrons. The van der Waals surface area contributed by atoms with Crippen molar-refractivity contribution in [2.24, 2.45) is 5.73 Å². The highest BCUT2D eigenvalue weighted by atomic mass is 16.1. The van der Waals surface area contributed by atoms with Crippen LogP contribution < -0.4 is 10.6 Å². The van der Waals surface area contributed by atoms with Crippen molar-refractivity contribution in [1.29, 1.82) is 0 Å². The first-order chi connectivity index (χ1) is 11.7. The maximum atomic E-state index is 11.7. The summed E-state index contributed by atoms with van der Waals surface area (Å²) in [6.07, 6.45) is 0. The molecule has 0 saturated carbocycles. The molecule has 0 aliphatic heterocycles. The SMILES string of the molecule is Cc1ccccc1N(Cc1ccccc1C(N)=O)c1ccccc1. The van der Waals surface area contributed by atoms with Crippen molar-refractivity contribution in [2.75, 3.05) is 4.90 Å². The summed E-state index contributed by atoms with van der Waals surface area (Å²) in [5, 5.41) is 0. The number of anilines is 2. The maximum Gasteiger partial charge on any atom is 0.249 e. The summed E-state index contributed by atoms with van der Waals surface area (Å²) in [6, 6.07) is 25.9. The Morgan fingerprint density at radius 1 is 0.875 bits per heavy atom. The van der Waals surface area contributed by atoms with Gasteiger partial charge in [0.1, 0.15) is 0 Å². The van der Waals surface area contributed by atoms with E-state index in [2.05, 4.69) is 36.1 Å². The number of carbonyl (C=O) groups is 1. The van der Waals surface area contributed by atoms with Crippen LogP contribution in [0.25, 0.3) is 0 Å². The zero-order valence-corrected chi connectivity index (χ0v) is 13.6. The minimum atomic E-state index is -0.400. The molecule has 0 aromatic heterocycles. The van der Waals surface area contributed by atoms with E-state index in [9.17, 15) is 4.79 Å². The van der Waals surface area contributed by atoms with Gasteiger partial charge in [-0.25, -0.2) is 0 Å². The fourth-order valence-corrected chi connectivity index (χ4v) is 2.86. The van der Waals surface area contributed by atoms with Gasteiger partial charge in [-0.2, -0.15) is 0 Å². The van der Waals surface area contributed by atoms with Gasteiger partial charge in [-0.15, -0.1) is 0 Å². The van der Waals surface area contributed by atoms with E-state index < -0.39 is 5.91 Å². The number of benzene rings is 3. The van der Waals surface area contributed by atoms with E-state index in [1.165, 1.54) is 5.56 Å². The van der Waals surface area contributed by atoms with Crippen LogP contribution in [-0.2, 0) is 6.54 Å². The minimum Gasteiger partial charge on any atom is -0.366 e. The quantitative estimate of drug-likeness (QED) is 0.757. The Bertz CT molecular complexity index is 843. The average molecular weight is 316 g/mol. The molecule has 0 fully saturated rings. The van der Waals surface area contributed by atoms with Crippen molar-refractivity contribution in [3.8, 4) is 0 Å². The highest BCUT2D eigenvalue weighted by Crippen LogP contribution is 2.30. The highest BCUT2D eigenvalue weighted by Gasteiger charge is 2.15. The Hall–Kier alpha value is -3.07. The summed E-state index contributed by atoms with van der Waals surface area (Å²) in [7, 11) is 0. The maximum absolute atomic E-state index is 11.7. The van der Waals surface area contributed by atoms with Crippen LogP contribution in [0.15, 0.2) is 78.9 Å². The number of hydrogen-bond donors (Lipinski definition) is 1. The zero-order valence-electron chi connectivity index (χ0n) is 13.6. The number of nitrogens with zero attached hydrogens (tertiary/aromatic N) is 1. The molecule has 0 aliphatic rings. The molecule has 0 atom stereocenters. The van der Waals surface area contributed by atoms with Gasteiger partial charge in [0.05, 0.1) is 0 Å². The van der Waals surface area contributed by atoms with E-state index in [-0.39, 0.29) is 0 Å². The van der Waals surface area contributed by atoms with Crippen LogP contribution in [-0.4, -0.2) is 5.91 Å². The fraction of sp³-hybridized carbons (Fsp3) is 0.0952. The first kappa shape index (κ1) is 15.8. The summed E-state index contributed by atoms with van der Waals surface area (Å²) in [4.78, 5) is 14.0. The second-order valence-electron chi connectivity index (χ2n) is 5.73. The van der Waals surface area contributed by atoms with Gasteiger partial charge < -0.3 is 10.6 Å². The molecule has 2 N–H and O–H groups in total. The summed E-state index contributed by atoms with van der Waals surface area (Å²) in [6.45, 7) is 2.67. The average Bonchev–Trinajstić information content (AvgIpc) is 2.61. The van der Waals surface area contributed by atoms with Crippen molar-refractivity contribution >= 4 is 17.3 Å². The molecule has 0 unspecified atom stereocenters. The second-order valence-corrected chi connectivity index (χ2v) is 5.73. The lowest BCUT2D eigenvalue weighted by Crippen LogP contribution is -2.21. The van der Waals surface area contributed by atoms with E-state index in [0.29, 0.717) is 12.1 Å². The van der Waals surface area contributed by atoms with Crippen molar-refractivity contribution in [2.45, 2.75) is 13.5 Å². The number of hydrogen-bond acceptors (Lipinski definition) is 2. The van der Waals surface area contributed by atoms with Gasteiger partial charge in [-0.3, -0.25) is 4.79 Å². The number of nitrogens with two attached hydrogens (primary N) is 1. The van der Waals surface area contributed by atoms with Gasteiger partial charge in [0.15, 0.2) is 0 Å². The normalized spacial score (nSPS) is 10.4. The lowest BCUT2D eigenvalue weighted by atomic mass is 10.0. The number of amides is 1. The first-order valence-corrected chi connectivity index (χ1v) is 7.93. The summed E-state index contributed by atoms with van der Waals surface area (Å²) >= 11 is 0. The highest BCUT2D eigenvalue weighted by molar-refractivity contribution is 5.94. The van der Waals surface area contributed by atoms with Crippen molar-refractivity contribution in [3.63, 3.8) is 0 Å². The van der Waals surface area contributed by atoms with Crippen LogP contribution in [0.4, 0.5) is 11.4 Å². The third kappa shape index (κ3) is 3.30. The molecule has 3 nitrogen and oxygen atoms in total. The Morgan fingerprint density at radius 2 is 1.50 bits per heavy atom. The molecule has 3 rings (SSSR count). The standard InChI is InChI=1S/C21H20N2O/c1-16-9-5-8-14-20(16)23(18-11-3-2-4-12-18)15-17-10-6-7-13-19(17)21(22)24/h2-14H,15H2,1H3,(H2,22,24). The van der Waals surface area contributed by atoms with Crippen LogP contribution in [0.3, 0.4) is 0 Å². The third-order valence-corrected chi connectivity index (χ3v) is 4.09. The Balaban J connectivity index is 2.07. The van der Waals surface area contributed by atoms with Gasteiger partial charge >= 0.3 is 0 Å². The molecule has 1 amide bonds. The van der Waals surface area contributed by atoms with Crippen LogP contribution in [0.1, 0.15) is 21.5 Å². The molecule has 3 aromatic rings. The number of rotatable bonds is 5. The molecular weight excluding hydrogens is 296 g/mol. The Morgan fingerprint density at radius 3 is 2.21 bits per heavy atom. The van der Waals surface area contributed by atoms with Crippen molar-refractivity contribution in [1.82, 2.24) is 0 Å². The molecule has 0 saturated heterocycles. The number of primary amides is 1. The topological polar surface area (TPSA) is 46.3 Å². The van der Waals surface area contributed by atoms with Gasteiger partial charge in [0.25, 0.3) is 0 Å². The molecule has 0 spiro atoms. The van der Waals surface area contributed by atoms with E-state index in [1.807, 2.05) is 48.5 Å². The van der Waals surface area contributed by atoms with E-state index >= 15 is 0 Å². The molecule has 0 heterocycles. The zero-order chi connectivity index (χ0) is 16.9. The Labute approximate surface area is 142 Å². The van der Waals surface area contributed by atoms with Gasteiger partial charge in [-0.05, 0) is 42.3 Å². The second kappa shape index (κ2) is 7.01. The molecule has 3 heteroatoms. The fourth-order valence-electron chi connectivity index (χ4n) is 2.86. The predicted molar refractivity (Wildman–Crippen MR) is 98.4 cm³/mol. The molecule has 3 aromatic carbocycles. The van der Waals surface area contributed by atoms with E-state index in [0.717, 1.165) is 16.9 Å². The van der Waals surface area contributed by atoms with E-state index in [1.54, 1.807) is 6.07 Å². The molecule has 24 heavy (non-hydrogen) atoms. The lowest BCUT2D eigenvalue weighted by Gasteiger charge is -2.27. The Kier molecular flexibility index (Phi) is 4.62. The third-order valence-electron chi connectivity index (χ3n) is 4.09. The number of para-hydroxylation sites is 2. The number of carbonyl (C=O) groups excluding carboxylic acids is 1. The molecule has 0 bridgehead atoms. The van der Waals surface area contributed by atoms with Crippen molar-refractivity contribution in [3.05, 3.63) is 95.6 Å². The smallest absolute Gasteiger partial charge is 0.249 e. The van der Waals surface area contributed by atoms with E-state index in [4.69, 9.17) is 5.73 Å². The van der Waals surface area contributed by atoms with Gasteiger partial charge in [0.2, 0.25) is 5.91 Å². The first-order valence-electron chi connectivity index (χ1n) is 7.93. The van der Waals surface area contributed by atoms with Crippen molar-refractivity contribution < 1.29 is 4.79 Å². The lowest BCUT2D eigenvalue weighted by molar-refractivity contribution is 0.0999. The van der Waals surface area contributed by atoms with Crippen LogP contribution in [0, 0.1) is 6.92 Å². The summed E-state index contributed by atoms with van der Waals surface area (Å²) < 4.78 is 0. The molecular formula is C21H20N2O. The summed E-state index contributed by atoms with van der Waals surface area (Å²) in [5.41, 5.74) is 10.4. The van der Waals surface area contributed by atoms with Gasteiger partial charge in [-0.1, -0.05) is 54.6 Å². The van der Waals surface area contributed by atoms with Crippen LogP contribution >= 0.6 is 0 Å². The van der Waals surface area contributed by atoms with Crippen LogP contribution in [0.5, 0.6) is 0 Å². The summed E-state index contributed by atoms with van der Waals surface area (Å²) in [5.74, 6) is -0.400. The monoisotopic (exact) mass is 316 g/mol. The molecule has 0 radical (unpaired) electrons. The predicted octanol–water partition coefficient (Wildman–Crippen LogP) is 4.43. The largest absolute Gasteiger partial charge is 0.366 e. The van der Waals surface area contributed by atoms with Gasteiger partial charge in [0, 0.05) is 23.5 Å². The number of aryl methyl sites for hydroxylation is 1. The molecule has 0 aliphatic carbocycles. The minimum absolute atomic E-state index is 0.400.